The van der Waals surface area contributed by atoms with Gasteiger partial charge in [-0.1, -0.05) is 100 Å². The average molecular weight is 337 g/mol. The topological polar surface area (TPSA) is 9.23 Å². The maximum Gasteiger partial charge on any atom is 0.119 e. The van der Waals surface area contributed by atoms with Crippen molar-refractivity contribution < 1.29 is 4.74 Å². The highest BCUT2D eigenvalue weighted by atomic mass is 16.5. The zero-order valence-electron chi connectivity index (χ0n) is 15.8. The zero-order valence-corrected chi connectivity index (χ0v) is 15.8. The molecule has 0 aromatic heterocycles. The summed E-state index contributed by atoms with van der Waals surface area (Å²) >= 11 is 0. The SMILES string of the molecule is CCCCC(C=Cc1ccccc1)(CCCC)COc1ccccc1. The fourth-order valence-electron chi connectivity index (χ4n) is 3.12. The summed E-state index contributed by atoms with van der Waals surface area (Å²) in [7, 11) is 0. The average Bonchev–Trinajstić information content (AvgIpc) is 2.68. The van der Waals surface area contributed by atoms with Crippen molar-refractivity contribution in [3.8, 4) is 5.75 Å². The third-order valence-electron chi connectivity index (χ3n) is 4.75. The van der Waals surface area contributed by atoms with Crippen LogP contribution in [0.25, 0.3) is 6.08 Å². The number of rotatable bonds is 11. The van der Waals surface area contributed by atoms with Crippen molar-refractivity contribution in [2.75, 3.05) is 6.61 Å². The highest BCUT2D eigenvalue weighted by Crippen LogP contribution is 2.34. The van der Waals surface area contributed by atoms with Gasteiger partial charge in [-0.3, -0.25) is 0 Å². The molecule has 2 aromatic rings. The van der Waals surface area contributed by atoms with E-state index in [-0.39, 0.29) is 5.41 Å². The number of ether oxygens (including phenoxy) is 1. The molecule has 25 heavy (non-hydrogen) atoms. The Hall–Kier alpha value is -2.02. The summed E-state index contributed by atoms with van der Waals surface area (Å²) < 4.78 is 6.20. The van der Waals surface area contributed by atoms with Gasteiger partial charge in [0.15, 0.2) is 0 Å². The molecule has 0 aliphatic heterocycles. The molecule has 134 valence electrons. The van der Waals surface area contributed by atoms with Gasteiger partial charge in [-0.2, -0.15) is 0 Å². The molecular formula is C24H32O. The molecule has 0 saturated carbocycles. The first-order chi connectivity index (χ1) is 12.3. The van der Waals surface area contributed by atoms with Crippen molar-refractivity contribution in [2.24, 2.45) is 5.41 Å². The van der Waals surface area contributed by atoms with E-state index >= 15 is 0 Å². The summed E-state index contributed by atoms with van der Waals surface area (Å²) in [4.78, 5) is 0. The van der Waals surface area contributed by atoms with Gasteiger partial charge in [0, 0.05) is 5.41 Å². The van der Waals surface area contributed by atoms with E-state index in [0.717, 1.165) is 12.4 Å². The van der Waals surface area contributed by atoms with Crippen molar-refractivity contribution in [2.45, 2.75) is 52.4 Å². The standard InChI is InChI=1S/C24H32O/c1-3-5-18-24(19-6-4-2,20-17-22-13-9-7-10-14-22)21-25-23-15-11-8-12-16-23/h7-17,20H,3-6,18-19,21H2,1-2H3. The number of para-hydroxylation sites is 1. The van der Waals surface area contributed by atoms with Crippen LogP contribution in [-0.2, 0) is 0 Å². The Morgan fingerprint density at radius 2 is 1.36 bits per heavy atom. The molecule has 0 aliphatic rings. The van der Waals surface area contributed by atoms with Crippen LogP contribution >= 0.6 is 0 Å². The van der Waals surface area contributed by atoms with Gasteiger partial charge in [0.1, 0.15) is 5.75 Å². The Labute approximate surface area is 153 Å². The van der Waals surface area contributed by atoms with Crippen LogP contribution in [0.15, 0.2) is 66.7 Å². The molecule has 0 N–H and O–H groups in total. The molecule has 0 radical (unpaired) electrons. The lowest BCUT2D eigenvalue weighted by atomic mass is 9.78. The molecule has 2 rings (SSSR count). The summed E-state index contributed by atoms with van der Waals surface area (Å²) in [6, 6.07) is 20.8. The maximum atomic E-state index is 6.20. The van der Waals surface area contributed by atoms with Crippen LogP contribution in [0, 0.1) is 5.41 Å². The van der Waals surface area contributed by atoms with Gasteiger partial charge in [0.05, 0.1) is 6.61 Å². The second-order valence-electron chi connectivity index (χ2n) is 6.92. The zero-order chi connectivity index (χ0) is 17.8. The Balaban J connectivity index is 2.17. The summed E-state index contributed by atoms with van der Waals surface area (Å²) in [5, 5.41) is 0. The third kappa shape index (κ3) is 6.78. The molecule has 0 fully saturated rings. The van der Waals surface area contributed by atoms with E-state index < -0.39 is 0 Å². The lowest BCUT2D eigenvalue weighted by molar-refractivity contribution is 0.163. The van der Waals surface area contributed by atoms with Crippen LogP contribution in [0.3, 0.4) is 0 Å². The fraction of sp³-hybridized carbons (Fsp3) is 0.417. The number of hydrogen-bond acceptors (Lipinski definition) is 1. The Kier molecular flexibility index (Phi) is 8.31. The van der Waals surface area contributed by atoms with Crippen molar-refractivity contribution in [3.63, 3.8) is 0 Å². The first-order valence-corrected chi connectivity index (χ1v) is 9.70. The first kappa shape index (κ1) is 19.3. The number of hydrogen-bond donors (Lipinski definition) is 0. The minimum absolute atomic E-state index is 0.109. The maximum absolute atomic E-state index is 6.20. The molecule has 0 unspecified atom stereocenters. The Bertz CT molecular complexity index is 593. The van der Waals surface area contributed by atoms with Gasteiger partial charge in [-0.25, -0.2) is 0 Å². The second-order valence-corrected chi connectivity index (χ2v) is 6.92. The van der Waals surface area contributed by atoms with Crippen molar-refractivity contribution >= 4 is 6.08 Å². The summed E-state index contributed by atoms with van der Waals surface area (Å²) in [6.07, 6.45) is 12.0. The minimum atomic E-state index is 0.109. The second kappa shape index (κ2) is 10.8. The van der Waals surface area contributed by atoms with Gasteiger partial charge in [0.25, 0.3) is 0 Å². The molecule has 0 aliphatic carbocycles. The van der Waals surface area contributed by atoms with Crippen molar-refractivity contribution in [3.05, 3.63) is 72.3 Å². The van der Waals surface area contributed by atoms with Crippen molar-refractivity contribution in [1.82, 2.24) is 0 Å². The molecule has 0 heterocycles. The van der Waals surface area contributed by atoms with Gasteiger partial charge in [0.2, 0.25) is 0 Å². The molecular weight excluding hydrogens is 304 g/mol. The van der Waals surface area contributed by atoms with Crippen molar-refractivity contribution in [1.29, 1.82) is 0 Å². The minimum Gasteiger partial charge on any atom is -0.493 e. The van der Waals surface area contributed by atoms with Gasteiger partial charge < -0.3 is 4.74 Å². The van der Waals surface area contributed by atoms with E-state index in [4.69, 9.17) is 4.74 Å². The summed E-state index contributed by atoms with van der Waals surface area (Å²) in [5.41, 5.74) is 1.37. The lowest BCUT2D eigenvalue weighted by Crippen LogP contribution is -2.27. The Morgan fingerprint density at radius 1 is 0.800 bits per heavy atom. The van der Waals surface area contributed by atoms with Crippen LogP contribution in [-0.4, -0.2) is 6.61 Å². The molecule has 0 saturated heterocycles. The summed E-state index contributed by atoms with van der Waals surface area (Å²) in [5.74, 6) is 0.966. The smallest absolute Gasteiger partial charge is 0.119 e. The summed E-state index contributed by atoms with van der Waals surface area (Å²) in [6.45, 7) is 5.29. The van der Waals surface area contributed by atoms with Crippen LogP contribution in [0.2, 0.25) is 0 Å². The molecule has 0 amide bonds. The molecule has 0 atom stereocenters. The highest BCUT2D eigenvalue weighted by molar-refractivity contribution is 5.49. The third-order valence-corrected chi connectivity index (χ3v) is 4.75. The van der Waals surface area contributed by atoms with Crippen LogP contribution in [0.4, 0.5) is 0 Å². The van der Waals surface area contributed by atoms with Gasteiger partial charge >= 0.3 is 0 Å². The van der Waals surface area contributed by atoms with Crippen LogP contribution in [0.1, 0.15) is 57.9 Å². The van der Waals surface area contributed by atoms with E-state index in [0.29, 0.717) is 0 Å². The molecule has 2 aromatic carbocycles. The lowest BCUT2D eigenvalue weighted by Gasteiger charge is -2.31. The first-order valence-electron chi connectivity index (χ1n) is 9.70. The van der Waals surface area contributed by atoms with E-state index in [1.165, 1.54) is 44.1 Å². The molecule has 1 nitrogen and oxygen atoms in total. The largest absolute Gasteiger partial charge is 0.493 e. The van der Waals surface area contributed by atoms with E-state index in [9.17, 15) is 0 Å². The van der Waals surface area contributed by atoms with E-state index in [1.54, 1.807) is 0 Å². The molecule has 1 heteroatoms. The predicted molar refractivity (Wildman–Crippen MR) is 109 cm³/mol. The van der Waals surface area contributed by atoms with Gasteiger partial charge in [-0.15, -0.1) is 0 Å². The monoisotopic (exact) mass is 336 g/mol. The highest BCUT2D eigenvalue weighted by Gasteiger charge is 2.27. The van der Waals surface area contributed by atoms with Crippen LogP contribution < -0.4 is 4.74 Å². The van der Waals surface area contributed by atoms with Crippen LogP contribution in [0.5, 0.6) is 5.75 Å². The normalized spacial score (nSPS) is 11.8. The van der Waals surface area contributed by atoms with Gasteiger partial charge in [-0.05, 0) is 30.5 Å². The van der Waals surface area contributed by atoms with E-state index in [2.05, 4.69) is 56.3 Å². The molecule has 0 spiro atoms. The Morgan fingerprint density at radius 3 is 1.92 bits per heavy atom. The fourth-order valence-corrected chi connectivity index (χ4v) is 3.12. The molecule has 0 bridgehead atoms. The van der Waals surface area contributed by atoms with E-state index in [1.807, 2.05) is 30.3 Å². The predicted octanol–water partition coefficient (Wildman–Crippen LogP) is 7.15. The number of unbranched alkanes of at least 4 members (excludes halogenated alkanes) is 2. The quantitative estimate of drug-likeness (QED) is 0.423. The number of benzene rings is 2.